The van der Waals surface area contributed by atoms with E-state index in [1.807, 2.05) is 12.1 Å². The highest BCUT2D eigenvalue weighted by atomic mass is 16.2. The molecule has 1 heterocycles. The minimum absolute atomic E-state index is 0.200. The average molecular weight is 216 g/mol. The first-order chi connectivity index (χ1) is 7.73. The third kappa shape index (κ3) is 1.17. The quantitative estimate of drug-likeness (QED) is 0.711. The van der Waals surface area contributed by atoms with Gasteiger partial charge in [-0.1, -0.05) is 31.0 Å². The molecule has 1 aliphatic carbocycles. The summed E-state index contributed by atoms with van der Waals surface area (Å²) >= 11 is 0. The van der Waals surface area contributed by atoms with Crippen molar-refractivity contribution in [3.05, 3.63) is 29.8 Å². The van der Waals surface area contributed by atoms with E-state index in [-0.39, 0.29) is 11.4 Å². The van der Waals surface area contributed by atoms with Crippen LogP contribution in [0.1, 0.15) is 31.2 Å². The highest BCUT2D eigenvalue weighted by molar-refractivity contribution is 5.94. The maximum atomic E-state index is 11.5. The van der Waals surface area contributed by atoms with Crippen LogP contribution in [0, 0.1) is 0 Å². The molecule has 3 nitrogen and oxygen atoms in total. The first-order valence-electron chi connectivity index (χ1n) is 5.89. The Hall–Kier alpha value is -1.51. The normalized spacial score (nSPS) is 21.4. The zero-order chi connectivity index (χ0) is 11.2. The summed E-state index contributed by atoms with van der Waals surface area (Å²) in [5.74, 6) is 0. The highest BCUT2D eigenvalue weighted by Crippen LogP contribution is 2.50. The third-order valence-corrected chi connectivity index (χ3v) is 4.05. The average Bonchev–Trinajstić information content (AvgIpc) is 2.87. The number of rotatable bonds is 0. The number of para-hydroxylation sites is 1. The van der Waals surface area contributed by atoms with E-state index in [4.69, 9.17) is 5.73 Å². The molecule has 1 aliphatic heterocycles. The first kappa shape index (κ1) is 9.70. The molecule has 0 bridgehead atoms. The third-order valence-electron chi connectivity index (χ3n) is 4.05. The molecule has 3 heteroatoms. The summed E-state index contributed by atoms with van der Waals surface area (Å²) in [7, 11) is 0. The molecule has 0 atom stereocenters. The second kappa shape index (κ2) is 3.24. The summed E-state index contributed by atoms with van der Waals surface area (Å²) in [5.41, 5.74) is 8.00. The summed E-state index contributed by atoms with van der Waals surface area (Å²) in [4.78, 5) is 13.2. The molecule has 0 unspecified atom stereocenters. The van der Waals surface area contributed by atoms with E-state index in [2.05, 4.69) is 12.1 Å². The van der Waals surface area contributed by atoms with Crippen molar-refractivity contribution < 1.29 is 4.79 Å². The van der Waals surface area contributed by atoms with Gasteiger partial charge in [0.15, 0.2) is 0 Å². The maximum Gasteiger partial charge on any atom is 0.319 e. The van der Waals surface area contributed by atoms with Crippen LogP contribution in [0.3, 0.4) is 0 Å². The van der Waals surface area contributed by atoms with Crippen molar-refractivity contribution >= 4 is 11.7 Å². The molecule has 1 saturated carbocycles. The Kier molecular flexibility index (Phi) is 1.96. The van der Waals surface area contributed by atoms with Crippen LogP contribution in [0.15, 0.2) is 24.3 Å². The second-order valence-corrected chi connectivity index (χ2v) is 4.93. The highest BCUT2D eigenvalue weighted by Gasteiger charge is 2.45. The fraction of sp³-hybridized carbons (Fsp3) is 0.462. The Morgan fingerprint density at radius 3 is 2.62 bits per heavy atom. The molecule has 1 spiro atoms. The molecule has 3 rings (SSSR count). The molecule has 0 saturated heterocycles. The van der Waals surface area contributed by atoms with Crippen LogP contribution in [0.5, 0.6) is 0 Å². The van der Waals surface area contributed by atoms with Crippen LogP contribution >= 0.6 is 0 Å². The van der Waals surface area contributed by atoms with Gasteiger partial charge in [-0.15, -0.1) is 0 Å². The Bertz CT molecular complexity index is 435. The molecule has 16 heavy (non-hydrogen) atoms. The van der Waals surface area contributed by atoms with E-state index < -0.39 is 0 Å². The van der Waals surface area contributed by atoms with Crippen molar-refractivity contribution in [3.63, 3.8) is 0 Å². The number of anilines is 1. The molecule has 1 aromatic carbocycles. The minimum Gasteiger partial charge on any atom is -0.351 e. The molecule has 0 aromatic heterocycles. The number of primary amides is 1. The SMILES string of the molecule is NC(=O)N1CC2(CCCC2)c2ccccc21. The number of hydrogen-bond donors (Lipinski definition) is 1. The molecule has 0 radical (unpaired) electrons. The van der Waals surface area contributed by atoms with Crippen LogP contribution in [0.25, 0.3) is 0 Å². The van der Waals surface area contributed by atoms with Crippen LogP contribution in [0.2, 0.25) is 0 Å². The lowest BCUT2D eigenvalue weighted by atomic mass is 9.81. The largest absolute Gasteiger partial charge is 0.351 e. The Morgan fingerprint density at radius 2 is 1.94 bits per heavy atom. The van der Waals surface area contributed by atoms with Gasteiger partial charge in [0.2, 0.25) is 0 Å². The fourth-order valence-electron chi connectivity index (χ4n) is 3.31. The van der Waals surface area contributed by atoms with Gasteiger partial charge in [0.05, 0.1) is 0 Å². The molecular weight excluding hydrogens is 200 g/mol. The topological polar surface area (TPSA) is 46.3 Å². The van der Waals surface area contributed by atoms with Crippen molar-refractivity contribution in [3.8, 4) is 0 Å². The van der Waals surface area contributed by atoms with Crippen molar-refractivity contribution in [1.82, 2.24) is 0 Å². The van der Waals surface area contributed by atoms with E-state index in [0.717, 1.165) is 12.2 Å². The molecule has 2 amide bonds. The fourth-order valence-corrected chi connectivity index (χ4v) is 3.31. The smallest absolute Gasteiger partial charge is 0.319 e. The van der Waals surface area contributed by atoms with E-state index in [1.54, 1.807) is 4.90 Å². The van der Waals surface area contributed by atoms with Gasteiger partial charge < -0.3 is 5.73 Å². The van der Waals surface area contributed by atoms with Gasteiger partial charge >= 0.3 is 6.03 Å². The van der Waals surface area contributed by atoms with Crippen LogP contribution in [-0.2, 0) is 5.41 Å². The Morgan fingerprint density at radius 1 is 1.25 bits per heavy atom. The molecular formula is C13H16N2O. The predicted molar refractivity (Wildman–Crippen MR) is 63.5 cm³/mol. The van der Waals surface area contributed by atoms with Crippen LogP contribution in [-0.4, -0.2) is 12.6 Å². The number of nitrogens with zero attached hydrogens (tertiary/aromatic N) is 1. The lowest BCUT2D eigenvalue weighted by molar-refractivity contribution is 0.253. The van der Waals surface area contributed by atoms with E-state index >= 15 is 0 Å². The molecule has 84 valence electrons. The monoisotopic (exact) mass is 216 g/mol. The summed E-state index contributed by atoms with van der Waals surface area (Å²) in [6.45, 7) is 0.779. The van der Waals surface area contributed by atoms with Gasteiger partial charge in [-0.05, 0) is 24.5 Å². The van der Waals surface area contributed by atoms with E-state index in [9.17, 15) is 4.79 Å². The first-order valence-corrected chi connectivity index (χ1v) is 5.89. The van der Waals surface area contributed by atoms with Crippen molar-refractivity contribution in [2.75, 3.05) is 11.4 Å². The number of nitrogens with two attached hydrogens (primary N) is 1. The summed E-state index contributed by atoms with van der Waals surface area (Å²) in [5, 5.41) is 0. The Balaban J connectivity index is 2.11. The summed E-state index contributed by atoms with van der Waals surface area (Å²) in [6, 6.07) is 7.87. The molecule has 1 aromatic rings. The molecule has 2 N–H and O–H groups in total. The zero-order valence-corrected chi connectivity index (χ0v) is 9.28. The van der Waals surface area contributed by atoms with Crippen molar-refractivity contribution in [1.29, 1.82) is 0 Å². The van der Waals surface area contributed by atoms with Crippen LogP contribution < -0.4 is 10.6 Å². The van der Waals surface area contributed by atoms with Crippen molar-refractivity contribution in [2.24, 2.45) is 5.73 Å². The van der Waals surface area contributed by atoms with Gasteiger partial charge in [-0.25, -0.2) is 4.79 Å². The van der Waals surface area contributed by atoms with Gasteiger partial charge in [0.1, 0.15) is 0 Å². The summed E-state index contributed by atoms with van der Waals surface area (Å²) in [6.07, 6.45) is 4.91. The standard InChI is InChI=1S/C13H16N2O/c14-12(16)15-9-13(7-3-4-8-13)10-5-1-2-6-11(10)15/h1-2,5-6H,3-4,7-9H2,(H2,14,16). The predicted octanol–water partition coefficient (Wildman–Crippen LogP) is 2.40. The van der Waals surface area contributed by atoms with Gasteiger partial charge in [0, 0.05) is 17.6 Å². The van der Waals surface area contributed by atoms with Gasteiger partial charge in [-0.3, -0.25) is 4.90 Å². The molecule has 1 fully saturated rings. The summed E-state index contributed by atoms with van der Waals surface area (Å²) < 4.78 is 0. The van der Waals surface area contributed by atoms with E-state index in [0.29, 0.717) is 0 Å². The second-order valence-electron chi connectivity index (χ2n) is 4.93. The lowest BCUT2D eigenvalue weighted by Gasteiger charge is -2.23. The number of carbonyl (C=O) groups excluding carboxylic acids is 1. The van der Waals surface area contributed by atoms with Crippen LogP contribution in [0.4, 0.5) is 10.5 Å². The van der Waals surface area contributed by atoms with Crippen molar-refractivity contribution in [2.45, 2.75) is 31.1 Å². The lowest BCUT2D eigenvalue weighted by Crippen LogP contribution is -2.38. The maximum absolute atomic E-state index is 11.5. The number of carbonyl (C=O) groups is 1. The number of benzene rings is 1. The van der Waals surface area contributed by atoms with Gasteiger partial charge in [0.25, 0.3) is 0 Å². The Labute approximate surface area is 95.2 Å². The van der Waals surface area contributed by atoms with Gasteiger partial charge in [-0.2, -0.15) is 0 Å². The molecule has 2 aliphatic rings. The minimum atomic E-state index is -0.323. The number of amides is 2. The van der Waals surface area contributed by atoms with E-state index in [1.165, 1.54) is 31.2 Å². The zero-order valence-electron chi connectivity index (χ0n) is 9.28. The number of fused-ring (bicyclic) bond motifs is 2. The number of urea groups is 1. The number of hydrogen-bond acceptors (Lipinski definition) is 1.